The van der Waals surface area contributed by atoms with Gasteiger partial charge in [0.1, 0.15) is 72.5 Å². The molecule has 4 aliphatic heterocycles. The Balaban J connectivity index is 1.32. The van der Waals surface area contributed by atoms with E-state index in [0.29, 0.717) is 49.8 Å². The van der Waals surface area contributed by atoms with Gasteiger partial charge in [-0.3, -0.25) is 77.1 Å². The monoisotopic (exact) mass is 1590 g/mol. The quantitative estimate of drug-likeness (QED) is 0.0182. The lowest BCUT2D eigenvalue weighted by Gasteiger charge is -2.31. The number of aromatic nitrogens is 2. The van der Waals surface area contributed by atoms with Crippen LogP contribution in [-0.2, 0) is 84.8 Å². The van der Waals surface area contributed by atoms with Crippen molar-refractivity contribution >= 4 is 124 Å². The number of ketones is 1. The number of guanidine groups is 2. The standard InChI is InChI=1S/C71H110N22O16S2/c1-4-5-17-45-60(99)90-53(65(104)89-51(69(108)109)31-41-15-7-6-8-16-41)38-111-36-43(94)35-110-37-52(64(103)88-50(32-42-33-77-39-81-42)63(102)83-44(18-9-10-25-72)58(97)80-34-57(96)92-28-13-21-54(92)66(105)84-45)91-62(101)49(30-40(2)3)87-59(98)46(19-11-26-78-70(73)74)85-67(106)55-22-14-29-93(55)68(107)48(20-12-27-79-71(75)76)86-61(100)47-23-24-56(95)82-47/h6-8,15-16,33,39-40,44-55H,4-5,9-14,17-32,34-38,72H2,1-3H3,(H,77,81)(H,80,97)(H,82,95)(H,83,102)(H,84,105)(H,85,106)(H,86,100)(H,87,98)(H,88,103)(H,89,104)(H,90,99)(H,91,101)(H,108,109)(H4,73,74,78)(H4,75,76,79)/t44-,45-,46-,47-,48-,49-,50-,51-,52-,53-,54-,55-/m0/s1. The fourth-order valence-corrected chi connectivity index (χ4v) is 15.0. The number of nitrogens with one attached hydrogen (secondary N) is 12. The first-order valence-corrected chi connectivity index (χ1v) is 40.0. The molecule has 111 heavy (non-hydrogen) atoms. The summed E-state index contributed by atoms with van der Waals surface area (Å²) in [4.78, 5) is 230. The van der Waals surface area contributed by atoms with Gasteiger partial charge < -0.3 is 107 Å². The third-order valence-corrected chi connectivity index (χ3v) is 21.0. The summed E-state index contributed by atoms with van der Waals surface area (Å²) in [6.45, 7) is 5.22. The molecule has 23 N–H and O–H groups in total. The van der Waals surface area contributed by atoms with Crippen molar-refractivity contribution in [2.24, 2.45) is 44.6 Å². The van der Waals surface area contributed by atoms with Gasteiger partial charge in [0.05, 0.1) is 24.4 Å². The number of carbonyl (C=O) groups is 15. The maximum Gasteiger partial charge on any atom is 0.326 e. The van der Waals surface area contributed by atoms with E-state index in [0.717, 1.165) is 23.5 Å². The summed E-state index contributed by atoms with van der Waals surface area (Å²) in [5.41, 5.74) is 29.1. The van der Waals surface area contributed by atoms with Crippen LogP contribution >= 0.6 is 23.5 Å². The molecule has 0 bridgehead atoms. The number of rotatable bonds is 33. The van der Waals surface area contributed by atoms with Crippen LogP contribution in [0.3, 0.4) is 0 Å². The predicted octanol–water partition coefficient (Wildman–Crippen LogP) is -4.46. The number of aliphatic carboxylic acids is 1. The van der Waals surface area contributed by atoms with Gasteiger partial charge in [-0.2, -0.15) is 23.5 Å². The Morgan fingerprint density at radius 2 is 1.27 bits per heavy atom. The second-order valence-corrected chi connectivity index (χ2v) is 30.3. The molecule has 13 amide bonds. The second kappa shape index (κ2) is 46.5. The number of nitrogens with two attached hydrogens (primary N) is 5. The van der Waals surface area contributed by atoms with Crippen molar-refractivity contribution in [3.05, 3.63) is 54.1 Å². The normalized spacial score (nSPS) is 22.5. The van der Waals surface area contributed by atoms with Crippen LogP contribution in [0.4, 0.5) is 0 Å². The zero-order chi connectivity index (χ0) is 81.1. The van der Waals surface area contributed by atoms with Gasteiger partial charge in [-0.15, -0.1) is 0 Å². The van der Waals surface area contributed by atoms with Gasteiger partial charge in [0.25, 0.3) is 0 Å². The van der Waals surface area contributed by atoms with Crippen LogP contribution in [0.15, 0.2) is 52.8 Å². The van der Waals surface area contributed by atoms with Crippen molar-refractivity contribution in [3.8, 4) is 0 Å². The SMILES string of the molecule is CCCC[C@@H]1NC(=O)[C@@H]2CCCN2C(=O)CNC(=O)[C@H](CCCCN)NC(=O)[C@H](Cc2cnc[nH]2)NC(=O)[C@@H](NC(=O)[C@H](CC(C)C)NC(=O)[C@H](CCCN=C(N)N)NC(=O)[C@@H]2CCCN2C(=O)[C@H](CCCN=C(N)N)NC(=O)[C@@H]2CCC(=O)N2)CSCC(=O)CSC[C@@H](C(=O)N[C@@H](Cc2ccccc2)C(=O)O)NC1=O. The highest BCUT2D eigenvalue weighted by Crippen LogP contribution is 2.23. The summed E-state index contributed by atoms with van der Waals surface area (Å²) >= 11 is 1.79. The molecule has 12 atom stereocenters. The number of hydrogen-bond acceptors (Lipinski definition) is 21. The number of aromatic amines is 1. The number of benzene rings is 1. The molecule has 0 aliphatic carbocycles. The summed E-state index contributed by atoms with van der Waals surface area (Å²) in [6.07, 6.45) is 5.62. The maximum absolute atomic E-state index is 15.1. The Labute approximate surface area is 652 Å². The number of carboxylic acid groups (broad SMARTS) is 1. The number of unbranched alkanes of at least 4 members (excludes halogenated alkanes) is 2. The summed E-state index contributed by atoms with van der Waals surface area (Å²) < 4.78 is 0. The minimum absolute atomic E-state index is 0.000845. The highest BCUT2D eigenvalue weighted by molar-refractivity contribution is 8.01. The van der Waals surface area contributed by atoms with Crippen LogP contribution in [-0.4, -0.2) is 260 Å². The van der Waals surface area contributed by atoms with Crippen LogP contribution in [0.1, 0.15) is 141 Å². The van der Waals surface area contributed by atoms with Crippen LogP contribution in [0.2, 0.25) is 0 Å². The molecular formula is C71H110N22O16S2. The molecule has 0 spiro atoms. The van der Waals surface area contributed by atoms with Gasteiger partial charge in [0.15, 0.2) is 17.7 Å². The van der Waals surface area contributed by atoms with E-state index < -0.39 is 162 Å². The number of carboxylic acids is 1. The smallest absolute Gasteiger partial charge is 0.326 e. The van der Waals surface area contributed by atoms with E-state index in [1.54, 1.807) is 44.2 Å². The van der Waals surface area contributed by atoms with Crippen LogP contribution in [0, 0.1) is 5.92 Å². The zero-order valence-corrected chi connectivity index (χ0v) is 64.7. The molecule has 0 saturated carbocycles. The molecule has 1 aromatic heterocycles. The van der Waals surface area contributed by atoms with Crippen molar-refractivity contribution in [1.82, 2.24) is 78.3 Å². The number of carbonyl (C=O) groups excluding carboxylic acids is 14. The zero-order valence-electron chi connectivity index (χ0n) is 63.1. The van der Waals surface area contributed by atoms with E-state index in [2.05, 4.69) is 78.4 Å². The summed E-state index contributed by atoms with van der Waals surface area (Å²) in [6, 6.07) is -7.52. The first kappa shape index (κ1) is 89.8. The first-order chi connectivity index (χ1) is 53.0. The fraction of sp³-hybridized carbons (Fsp3) is 0.634. The van der Waals surface area contributed by atoms with E-state index in [4.69, 9.17) is 28.7 Å². The van der Waals surface area contributed by atoms with Crippen molar-refractivity contribution in [2.75, 3.05) is 62.3 Å². The Morgan fingerprint density at radius 1 is 0.649 bits per heavy atom. The average molecular weight is 1590 g/mol. The number of fused-ring (bicyclic) bond motifs is 1. The number of aliphatic imine (C=N–C) groups is 2. The fourth-order valence-electron chi connectivity index (χ4n) is 13.0. The predicted molar refractivity (Wildman–Crippen MR) is 412 cm³/mol. The third kappa shape index (κ3) is 30.2. The number of imidazole rings is 1. The third-order valence-electron chi connectivity index (χ3n) is 18.8. The Morgan fingerprint density at radius 3 is 1.91 bits per heavy atom. The Kier molecular flexibility index (Phi) is 37.6. The summed E-state index contributed by atoms with van der Waals surface area (Å²) in [5.74, 6) is -13.9. The number of amides is 13. The van der Waals surface area contributed by atoms with Crippen molar-refractivity contribution in [3.63, 3.8) is 0 Å². The highest BCUT2D eigenvalue weighted by atomic mass is 32.2. The average Bonchev–Trinajstić information content (AvgIpc) is 1.73. The van der Waals surface area contributed by atoms with Gasteiger partial charge in [-0.05, 0) is 108 Å². The molecule has 612 valence electrons. The van der Waals surface area contributed by atoms with E-state index in [9.17, 15) is 67.4 Å². The van der Waals surface area contributed by atoms with Crippen molar-refractivity contribution in [1.29, 1.82) is 0 Å². The molecule has 1 aromatic carbocycles. The molecule has 4 saturated heterocycles. The molecule has 38 nitrogen and oxygen atoms in total. The van der Waals surface area contributed by atoms with Gasteiger partial charge >= 0.3 is 5.97 Å². The maximum atomic E-state index is 15.1. The van der Waals surface area contributed by atoms with Gasteiger partial charge in [-0.25, -0.2) is 9.78 Å². The molecule has 5 heterocycles. The van der Waals surface area contributed by atoms with Crippen molar-refractivity contribution < 1.29 is 77.0 Å². The lowest BCUT2D eigenvalue weighted by Crippen LogP contribution is -2.61. The molecule has 6 rings (SSSR count). The number of Topliss-reactive ketones (excluding diaryl/α,β-unsaturated/α-hetero) is 1. The van der Waals surface area contributed by atoms with Crippen LogP contribution in [0.5, 0.6) is 0 Å². The first-order valence-electron chi connectivity index (χ1n) is 37.7. The van der Waals surface area contributed by atoms with Gasteiger partial charge in [0.2, 0.25) is 76.8 Å². The Hall–Kier alpha value is -10.1. The molecule has 4 aliphatic rings. The summed E-state index contributed by atoms with van der Waals surface area (Å²) in [5, 5.41) is 39.8. The molecule has 4 fully saturated rings. The molecule has 0 radical (unpaired) electrons. The Bertz CT molecular complexity index is 3590. The number of hydrogen-bond donors (Lipinski definition) is 18. The molecule has 40 heteroatoms. The minimum atomic E-state index is -1.63. The van der Waals surface area contributed by atoms with E-state index >= 15 is 9.59 Å². The highest BCUT2D eigenvalue weighted by Gasteiger charge is 2.42. The minimum Gasteiger partial charge on any atom is -0.480 e. The number of thioether (sulfide) groups is 2. The van der Waals surface area contributed by atoms with E-state index in [1.807, 2.05) is 6.92 Å². The second-order valence-electron chi connectivity index (χ2n) is 28.2. The van der Waals surface area contributed by atoms with Crippen LogP contribution < -0.4 is 87.2 Å². The van der Waals surface area contributed by atoms with E-state index in [-0.39, 0.29) is 163 Å². The van der Waals surface area contributed by atoms with Gasteiger partial charge in [0, 0.05) is 68.8 Å². The van der Waals surface area contributed by atoms with Crippen LogP contribution in [0.25, 0.3) is 0 Å². The lowest BCUT2D eigenvalue weighted by molar-refractivity contribution is -0.142. The number of H-pyrrole nitrogens is 1. The number of nitrogens with zero attached hydrogens (tertiary/aromatic N) is 5. The van der Waals surface area contributed by atoms with E-state index in [1.165, 1.54) is 22.3 Å². The molecule has 2 aromatic rings. The molecular weight excluding hydrogens is 1480 g/mol. The number of likely N-dealkylation sites (tertiary alicyclic amines) is 1. The molecule has 0 unspecified atom stereocenters. The largest absolute Gasteiger partial charge is 0.480 e. The topological polar surface area (TPSA) is 599 Å². The van der Waals surface area contributed by atoms with Gasteiger partial charge in [-0.1, -0.05) is 63.9 Å². The van der Waals surface area contributed by atoms with Crippen molar-refractivity contribution in [2.45, 2.75) is 215 Å². The lowest BCUT2D eigenvalue weighted by atomic mass is 10.0. The summed E-state index contributed by atoms with van der Waals surface area (Å²) in [7, 11) is 0.